The summed E-state index contributed by atoms with van der Waals surface area (Å²) < 4.78 is 12.2. The number of hydrogen-bond acceptors (Lipinski definition) is 4. The molecule has 180 valence electrons. The zero-order valence-corrected chi connectivity index (χ0v) is 20.6. The molecule has 0 amide bonds. The molecular formula is C31H33NO3. The van der Waals surface area contributed by atoms with E-state index in [1.807, 2.05) is 61.5 Å². The van der Waals surface area contributed by atoms with E-state index in [0.717, 1.165) is 29.9 Å². The number of carbonyl (C=O) groups is 1. The fourth-order valence-electron chi connectivity index (χ4n) is 5.99. The van der Waals surface area contributed by atoms with Gasteiger partial charge in [0, 0.05) is 18.8 Å². The molecule has 0 bridgehead atoms. The highest BCUT2D eigenvalue weighted by Gasteiger charge is 2.42. The van der Waals surface area contributed by atoms with Gasteiger partial charge in [0.2, 0.25) is 0 Å². The summed E-state index contributed by atoms with van der Waals surface area (Å²) in [5, 5.41) is 0. The first-order valence-electron chi connectivity index (χ1n) is 12.5. The molecule has 4 nitrogen and oxygen atoms in total. The topological polar surface area (TPSA) is 38.8 Å². The van der Waals surface area contributed by atoms with Gasteiger partial charge in [-0.2, -0.15) is 0 Å². The van der Waals surface area contributed by atoms with E-state index in [2.05, 4.69) is 24.5 Å². The Bertz CT molecular complexity index is 1200. The quantitative estimate of drug-likeness (QED) is 0.215. The summed E-state index contributed by atoms with van der Waals surface area (Å²) in [5.41, 5.74) is 4.93. The van der Waals surface area contributed by atoms with Gasteiger partial charge in [0.1, 0.15) is 23.7 Å². The molecular weight excluding hydrogens is 434 g/mol. The van der Waals surface area contributed by atoms with Crippen LogP contribution in [0.4, 0.5) is 5.69 Å². The number of carbonyl (C=O) groups excluding carboxylic acids is 1. The molecule has 3 aromatic carbocycles. The summed E-state index contributed by atoms with van der Waals surface area (Å²) in [5.74, 6) is 2.43. The largest absolute Gasteiger partial charge is 0.488 e. The van der Waals surface area contributed by atoms with E-state index in [1.54, 1.807) is 12.1 Å². The minimum absolute atomic E-state index is 0.389. The molecule has 3 atom stereocenters. The lowest BCUT2D eigenvalue weighted by atomic mass is 9.78. The van der Waals surface area contributed by atoms with E-state index in [4.69, 9.17) is 9.47 Å². The molecule has 1 fully saturated rings. The van der Waals surface area contributed by atoms with Crippen LogP contribution in [0.25, 0.3) is 0 Å². The molecule has 5 rings (SSSR count). The van der Waals surface area contributed by atoms with Gasteiger partial charge in [-0.15, -0.1) is 6.58 Å². The van der Waals surface area contributed by atoms with E-state index < -0.39 is 0 Å². The number of benzene rings is 3. The van der Waals surface area contributed by atoms with Crippen molar-refractivity contribution in [2.45, 2.75) is 39.2 Å². The number of ether oxygens (including phenoxy) is 2. The molecule has 0 spiro atoms. The maximum absolute atomic E-state index is 13.6. The normalized spacial score (nSPS) is 20.6. The van der Waals surface area contributed by atoms with Gasteiger partial charge in [-0.05, 0) is 72.4 Å². The van der Waals surface area contributed by atoms with Crippen LogP contribution in [0.3, 0.4) is 0 Å². The highest BCUT2D eigenvalue weighted by molar-refractivity contribution is 5.98. The minimum atomic E-state index is -0.389. The standard InChI is InChI=1S/C31H33NO3/c1-4-17-32-19-24-16-15-21(2)28(24)26-18-27(34-20-23-11-7-5-8-12-23)29(22(3)30(26)32)31(33)35-25-13-9-6-10-14-25/h4-14,18,21,24,28H,1,15-17,19-20H2,2-3H3. The molecule has 1 saturated carbocycles. The van der Waals surface area contributed by atoms with Crippen LogP contribution >= 0.6 is 0 Å². The molecule has 1 aliphatic heterocycles. The van der Waals surface area contributed by atoms with Crippen LogP contribution in [0.5, 0.6) is 11.5 Å². The number of rotatable bonds is 7. The van der Waals surface area contributed by atoms with Crippen molar-refractivity contribution < 1.29 is 14.3 Å². The molecule has 0 N–H and O–H groups in total. The van der Waals surface area contributed by atoms with E-state index in [0.29, 0.717) is 41.4 Å². The van der Waals surface area contributed by atoms with Crippen molar-refractivity contribution in [3.05, 3.63) is 102 Å². The first kappa shape index (κ1) is 23.2. The third-order valence-corrected chi connectivity index (χ3v) is 7.53. The average Bonchev–Trinajstić information content (AvgIpc) is 3.24. The number of hydrogen-bond donors (Lipinski definition) is 0. The predicted octanol–water partition coefficient (Wildman–Crippen LogP) is 6.93. The smallest absolute Gasteiger partial charge is 0.347 e. The lowest BCUT2D eigenvalue weighted by Crippen LogP contribution is -2.38. The van der Waals surface area contributed by atoms with Crippen molar-refractivity contribution in [2.75, 3.05) is 18.0 Å². The summed E-state index contributed by atoms with van der Waals surface area (Å²) in [6.07, 6.45) is 4.41. The maximum Gasteiger partial charge on any atom is 0.347 e. The fraction of sp³-hybridized carbons (Fsp3) is 0.323. The molecule has 3 unspecified atom stereocenters. The van der Waals surface area contributed by atoms with Gasteiger partial charge in [-0.1, -0.05) is 61.5 Å². The van der Waals surface area contributed by atoms with Gasteiger partial charge in [-0.3, -0.25) is 0 Å². The zero-order valence-electron chi connectivity index (χ0n) is 20.6. The van der Waals surface area contributed by atoms with Crippen molar-refractivity contribution >= 4 is 11.7 Å². The van der Waals surface area contributed by atoms with Crippen LogP contribution in [0.1, 0.15) is 52.7 Å². The van der Waals surface area contributed by atoms with Crippen LogP contribution in [0.2, 0.25) is 0 Å². The summed E-state index contributed by atoms with van der Waals surface area (Å²) in [6.45, 7) is 10.5. The first-order chi connectivity index (χ1) is 17.1. The Kier molecular flexibility index (Phi) is 6.63. The summed E-state index contributed by atoms with van der Waals surface area (Å²) in [7, 11) is 0. The van der Waals surface area contributed by atoms with Crippen molar-refractivity contribution in [2.24, 2.45) is 11.8 Å². The van der Waals surface area contributed by atoms with Crippen LogP contribution in [0.15, 0.2) is 79.4 Å². The van der Waals surface area contributed by atoms with E-state index >= 15 is 0 Å². The number of fused-ring (bicyclic) bond motifs is 3. The second kappa shape index (κ2) is 9.99. The third kappa shape index (κ3) is 4.58. The molecule has 2 aliphatic rings. The highest BCUT2D eigenvalue weighted by Crippen LogP contribution is 2.53. The van der Waals surface area contributed by atoms with E-state index in [9.17, 15) is 4.79 Å². The molecule has 0 radical (unpaired) electrons. The number of esters is 1. The molecule has 0 aromatic heterocycles. The molecule has 0 saturated heterocycles. The average molecular weight is 468 g/mol. The monoisotopic (exact) mass is 467 g/mol. The third-order valence-electron chi connectivity index (χ3n) is 7.53. The number of para-hydroxylation sites is 1. The summed E-state index contributed by atoms with van der Waals surface area (Å²) in [4.78, 5) is 16.0. The van der Waals surface area contributed by atoms with Crippen LogP contribution in [-0.2, 0) is 6.61 Å². The van der Waals surface area contributed by atoms with Crippen molar-refractivity contribution in [3.8, 4) is 11.5 Å². The van der Waals surface area contributed by atoms with Gasteiger partial charge in [0.05, 0.1) is 0 Å². The molecule has 3 aromatic rings. The Hall–Kier alpha value is -3.53. The van der Waals surface area contributed by atoms with Gasteiger partial charge in [0.25, 0.3) is 0 Å². The Morgan fingerprint density at radius 3 is 2.51 bits per heavy atom. The lowest BCUT2D eigenvalue weighted by molar-refractivity contribution is 0.0729. The van der Waals surface area contributed by atoms with Crippen molar-refractivity contribution in [1.82, 2.24) is 0 Å². The Morgan fingerprint density at radius 1 is 1.09 bits per heavy atom. The molecule has 1 heterocycles. The Labute approximate surface area is 208 Å². The molecule has 4 heteroatoms. The SMILES string of the molecule is C=CCN1CC2CCC(C)C2c2cc(OCc3ccccc3)c(C(=O)Oc3ccccc3)c(C)c21. The fourth-order valence-corrected chi connectivity index (χ4v) is 5.99. The highest BCUT2D eigenvalue weighted by atomic mass is 16.5. The van der Waals surface area contributed by atoms with Gasteiger partial charge in [-0.25, -0.2) is 4.79 Å². The molecule has 35 heavy (non-hydrogen) atoms. The Morgan fingerprint density at radius 2 is 1.80 bits per heavy atom. The Balaban J connectivity index is 1.61. The van der Waals surface area contributed by atoms with Crippen LogP contribution in [0, 0.1) is 18.8 Å². The number of anilines is 1. The van der Waals surface area contributed by atoms with E-state index in [1.165, 1.54) is 18.4 Å². The second-order valence-electron chi connectivity index (χ2n) is 9.82. The van der Waals surface area contributed by atoms with Crippen LogP contribution in [-0.4, -0.2) is 19.1 Å². The predicted molar refractivity (Wildman–Crippen MR) is 140 cm³/mol. The zero-order chi connectivity index (χ0) is 24.4. The van der Waals surface area contributed by atoms with Gasteiger partial charge in [0.15, 0.2) is 0 Å². The minimum Gasteiger partial charge on any atom is -0.488 e. The molecule has 1 aliphatic carbocycles. The lowest BCUT2D eigenvalue weighted by Gasteiger charge is -2.41. The van der Waals surface area contributed by atoms with Gasteiger partial charge < -0.3 is 14.4 Å². The first-order valence-corrected chi connectivity index (χ1v) is 12.5. The summed E-state index contributed by atoms with van der Waals surface area (Å²) >= 11 is 0. The second-order valence-corrected chi connectivity index (χ2v) is 9.82. The summed E-state index contributed by atoms with van der Waals surface area (Å²) in [6, 6.07) is 21.4. The van der Waals surface area contributed by atoms with Gasteiger partial charge >= 0.3 is 5.97 Å². The van der Waals surface area contributed by atoms with Crippen molar-refractivity contribution in [3.63, 3.8) is 0 Å². The van der Waals surface area contributed by atoms with Crippen molar-refractivity contribution in [1.29, 1.82) is 0 Å². The van der Waals surface area contributed by atoms with Crippen LogP contribution < -0.4 is 14.4 Å². The maximum atomic E-state index is 13.6. The number of nitrogens with zero attached hydrogens (tertiary/aromatic N) is 1. The van der Waals surface area contributed by atoms with E-state index in [-0.39, 0.29) is 5.97 Å².